The number of piperidine rings is 1. The molecule has 1 aromatic rings. The first-order valence-corrected chi connectivity index (χ1v) is 7.81. The molecule has 2 heterocycles. The van der Waals surface area contributed by atoms with Crippen LogP contribution in [-0.4, -0.2) is 53.7 Å². The Morgan fingerprint density at radius 1 is 1.38 bits per heavy atom. The highest BCUT2D eigenvalue weighted by Gasteiger charge is 2.30. The van der Waals surface area contributed by atoms with Crippen molar-refractivity contribution >= 4 is 11.5 Å². The Balaban J connectivity index is 1.92. The minimum Gasteiger partial charge on any atom is -0.357 e. The number of rotatable bonds is 5. The van der Waals surface area contributed by atoms with Crippen molar-refractivity contribution in [1.82, 2.24) is 9.88 Å². The third kappa shape index (κ3) is 4.80. The van der Waals surface area contributed by atoms with Crippen molar-refractivity contribution in [2.24, 2.45) is 0 Å². The number of aromatic nitrogens is 1. The van der Waals surface area contributed by atoms with Gasteiger partial charge in [0, 0.05) is 38.8 Å². The molecule has 0 unspecified atom stereocenters. The molecule has 0 amide bonds. The molecule has 24 heavy (non-hydrogen) atoms. The standard InChI is InChI=1S/C15H21F3N4O2/c1-11-13(22(23)24)3-4-14(19-11)20(2)12-5-8-21(9-6-12)10-7-15(16,17)18/h3-4,12H,5-10H2,1-2H3. The van der Waals surface area contributed by atoms with Crippen LogP contribution >= 0.6 is 0 Å². The normalized spacial score (nSPS) is 17.0. The molecule has 1 aliphatic rings. The van der Waals surface area contributed by atoms with Crippen LogP contribution in [0.5, 0.6) is 0 Å². The zero-order chi connectivity index (χ0) is 17.9. The number of nitrogens with zero attached hydrogens (tertiary/aromatic N) is 4. The van der Waals surface area contributed by atoms with Gasteiger partial charge in [-0.1, -0.05) is 0 Å². The molecule has 1 aliphatic heterocycles. The molecule has 6 nitrogen and oxygen atoms in total. The highest BCUT2D eigenvalue weighted by atomic mass is 19.4. The Bertz CT molecular complexity index is 587. The fourth-order valence-corrected chi connectivity index (χ4v) is 2.93. The molecule has 0 aliphatic carbocycles. The largest absolute Gasteiger partial charge is 0.390 e. The van der Waals surface area contributed by atoms with Crippen molar-refractivity contribution in [3.8, 4) is 0 Å². The van der Waals surface area contributed by atoms with Crippen LogP contribution in [0.15, 0.2) is 12.1 Å². The summed E-state index contributed by atoms with van der Waals surface area (Å²) in [6.45, 7) is 2.85. The topological polar surface area (TPSA) is 62.5 Å². The summed E-state index contributed by atoms with van der Waals surface area (Å²) in [5, 5.41) is 10.8. The van der Waals surface area contributed by atoms with E-state index in [-0.39, 0.29) is 18.3 Å². The second-order valence-corrected chi connectivity index (χ2v) is 6.08. The average Bonchev–Trinajstić information content (AvgIpc) is 2.51. The van der Waals surface area contributed by atoms with Gasteiger partial charge in [-0.25, -0.2) is 4.98 Å². The predicted octanol–water partition coefficient (Wildman–Crippen LogP) is 3.15. The summed E-state index contributed by atoms with van der Waals surface area (Å²) >= 11 is 0. The summed E-state index contributed by atoms with van der Waals surface area (Å²) in [6, 6.07) is 3.22. The number of nitro groups is 1. The minimum atomic E-state index is -4.12. The maximum atomic E-state index is 12.3. The fourth-order valence-electron chi connectivity index (χ4n) is 2.93. The van der Waals surface area contributed by atoms with Crippen LogP contribution in [0.2, 0.25) is 0 Å². The Morgan fingerprint density at radius 2 is 2.00 bits per heavy atom. The lowest BCUT2D eigenvalue weighted by atomic mass is 10.0. The quantitative estimate of drug-likeness (QED) is 0.605. The van der Waals surface area contributed by atoms with Crippen LogP contribution in [0, 0.1) is 17.0 Å². The van der Waals surface area contributed by atoms with E-state index < -0.39 is 17.5 Å². The van der Waals surface area contributed by atoms with Gasteiger partial charge in [0.2, 0.25) is 0 Å². The van der Waals surface area contributed by atoms with Crippen molar-refractivity contribution in [3.05, 3.63) is 27.9 Å². The van der Waals surface area contributed by atoms with Crippen molar-refractivity contribution in [3.63, 3.8) is 0 Å². The highest BCUT2D eigenvalue weighted by molar-refractivity contribution is 5.47. The Morgan fingerprint density at radius 3 is 2.50 bits per heavy atom. The Kier molecular flexibility index (Phi) is 5.63. The monoisotopic (exact) mass is 346 g/mol. The van der Waals surface area contributed by atoms with E-state index in [1.54, 1.807) is 13.0 Å². The number of hydrogen-bond donors (Lipinski definition) is 0. The van der Waals surface area contributed by atoms with Crippen molar-refractivity contribution in [2.45, 2.75) is 38.4 Å². The number of alkyl halides is 3. The molecule has 0 N–H and O–H groups in total. The number of aryl methyl sites for hydroxylation is 1. The molecule has 0 spiro atoms. The number of anilines is 1. The number of hydrogen-bond acceptors (Lipinski definition) is 5. The van der Waals surface area contributed by atoms with Gasteiger partial charge in [0.05, 0.1) is 11.3 Å². The summed E-state index contributed by atoms with van der Waals surface area (Å²) < 4.78 is 36.8. The molecule has 0 atom stereocenters. The molecule has 1 fully saturated rings. The first-order valence-electron chi connectivity index (χ1n) is 7.81. The number of likely N-dealkylation sites (tertiary alicyclic amines) is 1. The second-order valence-electron chi connectivity index (χ2n) is 6.08. The van der Waals surface area contributed by atoms with E-state index in [9.17, 15) is 23.3 Å². The summed E-state index contributed by atoms with van der Waals surface area (Å²) in [4.78, 5) is 18.4. The zero-order valence-corrected chi connectivity index (χ0v) is 13.7. The van der Waals surface area contributed by atoms with E-state index >= 15 is 0 Å². The Hall–Kier alpha value is -1.90. The van der Waals surface area contributed by atoms with Crippen molar-refractivity contribution in [2.75, 3.05) is 31.6 Å². The minimum absolute atomic E-state index is 0.0193. The van der Waals surface area contributed by atoms with Crippen molar-refractivity contribution in [1.29, 1.82) is 0 Å². The lowest BCUT2D eigenvalue weighted by molar-refractivity contribution is -0.385. The van der Waals surface area contributed by atoms with Gasteiger partial charge in [-0.3, -0.25) is 10.1 Å². The van der Waals surface area contributed by atoms with Gasteiger partial charge in [0.15, 0.2) is 0 Å². The third-order valence-electron chi connectivity index (χ3n) is 4.42. The van der Waals surface area contributed by atoms with Crippen LogP contribution < -0.4 is 4.90 Å². The predicted molar refractivity (Wildman–Crippen MR) is 84.2 cm³/mol. The molecule has 0 radical (unpaired) electrons. The average molecular weight is 346 g/mol. The van der Waals surface area contributed by atoms with Gasteiger partial charge >= 0.3 is 6.18 Å². The van der Waals surface area contributed by atoms with Crippen LogP contribution in [-0.2, 0) is 0 Å². The molecule has 1 aromatic heterocycles. The smallest absolute Gasteiger partial charge is 0.357 e. The Labute approximate surface area is 138 Å². The van der Waals surface area contributed by atoms with Crippen LogP contribution in [0.3, 0.4) is 0 Å². The van der Waals surface area contributed by atoms with Gasteiger partial charge in [-0.05, 0) is 25.8 Å². The van der Waals surface area contributed by atoms with Gasteiger partial charge in [-0.15, -0.1) is 0 Å². The van der Waals surface area contributed by atoms with Crippen LogP contribution in [0.25, 0.3) is 0 Å². The summed E-state index contributed by atoms with van der Waals surface area (Å²) in [7, 11) is 1.86. The van der Waals surface area contributed by atoms with E-state index in [1.165, 1.54) is 6.07 Å². The van der Waals surface area contributed by atoms with E-state index in [2.05, 4.69) is 4.98 Å². The highest BCUT2D eigenvalue weighted by Crippen LogP contribution is 2.25. The molecule has 134 valence electrons. The van der Waals surface area contributed by atoms with Gasteiger partial charge < -0.3 is 9.80 Å². The van der Waals surface area contributed by atoms with E-state index in [0.717, 1.165) is 12.8 Å². The molecular weight excluding hydrogens is 325 g/mol. The third-order valence-corrected chi connectivity index (χ3v) is 4.42. The number of halogens is 3. The zero-order valence-electron chi connectivity index (χ0n) is 13.7. The van der Waals surface area contributed by atoms with Crippen LogP contribution in [0.4, 0.5) is 24.7 Å². The SMILES string of the molecule is Cc1nc(N(C)C2CCN(CCC(F)(F)F)CC2)ccc1[N+](=O)[O-]. The number of pyridine rings is 1. The fraction of sp³-hybridized carbons (Fsp3) is 0.667. The van der Waals surface area contributed by atoms with Gasteiger partial charge in [0.25, 0.3) is 5.69 Å². The molecular formula is C15H21F3N4O2. The molecule has 0 aromatic carbocycles. The maximum absolute atomic E-state index is 12.3. The summed E-state index contributed by atoms with van der Waals surface area (Å²) in [6.07, 6.45) is -3.41. The van der Waals surface area contributed by atoms with E-state index in [4.69, 9.17) is 0 Å². The van der Waals surface area contributed by atoms with Crippen molar-refractivity contribution < 1.29 is 18.1 Å². The second kappa shape index (κ2) is 7.33. The lowest BCUT2D eigenvalue weighted by Gasteiger charge is -2.37. The van der Waals surface area contributed by atoms with E-state index in [0.29, 0.717) is 24.6 Å². The first-order chi connectivity index (χ1) is 11.2. The molecule has 0 bridgehead atoms. The van der Waals surface area contributed by atoms with Gasteiger partial charge in [-0.2, -0.15) is 13.2 Å². The molecule has 2 rings (SSSR count). The van der Waals surface area contributed by atoms with Crippen LogP contribution in [0.1, 0.15) is 25.0 Å². The molecule has 0 saturated carbocycles. The summed E-state index contributed by atoms with van der Waals surface area (Å²) in [5.74, 6) is 0.645. The van der Waals surface area contributed by atoms with E-state index in [1.807, 2.05) is 16.8 Å². The maximum Gasteiger partial charge on any atom is 0.390 e. The lowest BCUT2D eigenvalue weighted by Crippen LogP contribution is -2.44. The van der Waals surface area contributed by atoms with Gasteiger partial charge in [0.1, 0.15) is 11.5 Å². The molecule has 1 saturated heterocycles. The first kappa shape index (κ1) is 18.4. The summed E-state index contributed by atoms with van der Waals surface area (Å²) in [5.41, 5.74) is 0.334. The molecule has 9 heteroatoms.